The van der Waals surface area contributed by atoms with Gasteiger partial charge in [-0.05, 0) is 43.1 Å². The van der Waals surface area contributed by atoms with Crippen LogP contribution < -0.4 is 5.73 Å². The van der Waals surface area contributed by atoms with Crippen molar-refractivity contribution in [2.45, 2.75) is 12.8 Å². The summed E-state index contributed by atoms with van der Waals surface area (Å²) in [7, 11) is 0. The van der Waals surface area contributed by atoms with E-state index in [9.17, 15) is 0 Å². The van der Waals surface area contributed by atoms with E-state index in [-0.39, 0.29) is 20.7 Å². The van der Waals surface area contributed by atoms with E-state index in [1.807, 2.05) is 0 Å². The molecule has 1 heterocycles. The van der Waals surface area contributed by atoms with Crippen LogP contribution in [0.25, 0.3) is 0 Å². The summed E-state index contributed by atoms with van der Waals surface area (Å²) in [4.78, 5) is 0. The summed E-state index contributed by atoms with van der Waals surface area (Å²) >= 11 is 2.52. The minimum Gasteiger partial charge on any atom is -0.301 e. The van der Waals surface area contributed by atoms with Gasteiger partial charge >= 0.3 is 0 Å². The van der Waals surface area contributed by atoms with Gasteiger partial charge in [-0.25, -0.2) is 0 Å². The molecule has 0 aromatic carbocycles. The first-order chi connectivity index (χ1) is 3.79. The average molecular weight is 335 g/mol. The molecular formula is C5H7I2N. The molecule has 2 N–H and O–H groups in total. The lowest BCUT2D eigenvalue weighted by atomic mass is 10.3. The van der Waals surface area contributed by atoms with Gasteiger partial charge in [0.25, 0.3) is 0 Å². The monoisotopic (exact) mass is 335 g/mol. The van der Waals surface area contributed by atoms with E-state index in [2.05, 4.69) is 26.7 Å². The molecule has 0 saturated carbocycles. The molecule has 1 rings (SSSR count). The van der Waals surface area contributed by atoms with Crippen molar-refractivity contribution in [1.29, 1.82) is 0 Å². The third-order valence-electron chi connectivity index (χ3n) is 0.916. The van der Waals surface area contributed by atoms with E-state index < -0.39 is 0 Å². The van der Waals surface area contributed by atoms with Gasteiger partial charge in [0, 0.05) is 3.63 Å². The van der Waals surface area contributed by atoms with Crippen molar-refractivity contribution in [1.82, 2.24) is 0 Å². The standard InChI is InChI=1S/C5H7I2N/c6-4-1-2-5(8)7-3-4/h3H,1-2,8H2. The van der Waals surface area contributed by atoms with Crippen molar-refractivity contribution in [3.05, 3.63) is 7.66 Å². The highest BCUT2D eigenvalue weighted by Crippen LogP contribution is 2.23. The minimum absolute atomic E-state index is 0.137. The Balaban J connectivity index is 2.65. The van der Waals surface area contributed by atoms with E-state index in [4.69, 9.17) is 5.73 Å². The lowest BCUT2D eigenvalue weighted by Crippen LogP contribution is -2.08. The summed E-state index contributed by atoms with van der Waals surface area (Å²) in [5.41, 5.74) is 5.61. The number of halogens is 2. The molecule has 0 radical (unpaired) electrons. The fourth-order valence-electron chi connectivity index (χ4n) is 0.477. The highest BCUT2D eigenvalue weighted by molar-refractivity contribution is 14.2. The second-order valence-corrected chi connectivity index (χ2v) is 5.63. The molecule has 0 unspecified atom stereocenters. The summed E-state index contributed by atoms with van der Waals surface area (Å²) in [5, 5.41) is 0. The summed E-state index contributed by atoms with van der Waals surface area (Å²) in [6, 6.07) is 0. The van der Waals surface area contributed by atoms with Crippen molar-refractivity contribution in [2.75, 3.05) is 0 Å². The minimum atomic E-state index is 0.137. The van der Waals surface area contributed by atoms with Crippen LogP contribution in [0.2, 0.25) is 0 Å². The predicted molar refractivity (Wildman–Crippen MR) is 54.6 cm³/mol. The Bertz CT molecular complexity index is 131. The van der Waals surface area contributed by atoms with Crippen LogP contribution in [0, 0.1) is 0 Å². The van der Waals surface area contributed by atoms with Gasteiger partial charge in [0.05, 0.1) is 0 Å². The second-order valence-electron chi connectivity index (χ2n) is 1.61. The molecule has 0 fully saturated rings. The highest BCUT2D eigenvalue weighted by Gasteiger charge is 1.98. The van der Waals surface area contributed by atoms with Crippen LogP contribution in [0.4, 0.5) is 0 Å². The third-order valence-corrected chi connectivity index (χ3v) is 5.36. The molecule has 0 aromatic rings. The number of rotatable bonds is 0. The van der Waals surface area contributed by atoms with Gasteiger partial charge in [-0.15, -0.1) is 0 Å². The number of allylic oxidation sites excluding steroid dienone is 1. The molecule has 3 heteroatoms. The van der Waals surface area contributed by atoms with E-state index >= 15 is 0 Å². The van der Waals surface area contributed by atoms with Crippen LogP contribution in [0.3, 0.4) is 0 Å². The summed E-state index contributed by atoms with van der Waals surface area (Å²) < 4.78 is 5.05. The zero-order valence-corrected chi connectivity index (χ0v) is 8.64. The van der Waals surface area contributed by atoms with Gasteiger partial charge in [-0.1, -0.05) is 20.7 Å². The van der Waals surface area contributed by atoms with Crippen LogP contribution in [0.15, 0.2) is 7.66 Å². The molecule has 0 aliphatic carbocycles. The first kappa shape index (κ1) is 7.14. The Labute approximate surface area is 72.6 Å². The predicted octanol–water partition coefficient (Wildman–Crippen LogP) is 2.12. The molecule has 0 saturated heterocycles. The van der Waals surface area contributed by atoms with Crippen molar-refractivity contribution in [3.63, 3.8) is 0 Å². The van der Waals surface area contributed by atoms with Crippen molar-refractivity contribution < 1.29 is 0 Å². The molecule has 0 bridgehead atoms. The van der Waals surface area contributed by atoms with Gasteiger partial charge in [-0.3, -0.25) is 0 Å². The van der Waals surface area contributed by atoms with Gasteiger partial charge in [0.1, 0.15) is 0 Å². The number of nitrogens with two attached hydrogens (primary N) is 1. The lowest BCUT2D eigenvalue weighted by Gasteiger charge is -2.03. The van der Waals surface area contributed by atoms with Crippen molar-refractivity contribution in [2.24, 2.45) is 5.73 Å². The molecule has 8 heavy (non-hydrogen) atoms. The first-order valence-electron chi connectivity index (χ1n) is 2.38. The highest BCUT2D eigenvalue weighted by atomic mass is 127. The molecule has 0 aromatic heterocycles. The maximum Gasteiger partial charge on any atom is 0.0228 e. The largest absolute Gasteiger partial charge is 0.301 e. The molecule has 0 atom stereocenters. The van der Waals surface area contributed by atoms with Crippen LogP contribution in [0.1, 0.15) is 12.8 Å². The van der Waals surface area contributed by atoms with Crippen molar-refractivity contribution >= 4 is 47.0 Å². The quantitative estimate of drug-likeness (QED) is 0.675. The maximum absolute atomic E-state index is 5.61. The first-order valence-corrected chi connectivity index (χ1v) is 5.78. The Hall–Kier alpha value is 1.03. The Kier molecular flexibility index (Phi) is 2.91. The molecular weight excluding hydrogens is 328 g/mol. The van der Waals surface area contributed by atoms with Crippen LogP contribution in [-0.2, 0) is 0 Å². The fraction of sp³-hybridized carbons (Fsp3) is 0.400. The molecule has 1 aliphatic rings. The van der Waals surface area contributed by atoms with E-state index in [0.717, 1.165) is 6.42 Å². The fourth-order valence-corrected chi connectivity index (χ4v) is 3.17. The summed E-state index contributed by atoms with van der Waals surface area (Å²) in [6.07, 6.45) is 2.33. The van der Waals surface area contributed by atoms with Crippen LogP contribution in [-0.4, -0.2) is 3.63 Å². The van der Waals surface area contributed by atoms with E-state index in [0.29, 0.717) is 0 Å². The zero-order valence-electron chi connectivity index (χ0n) is 4.32. The van der Waals surface area contributed by atoms with Crippen LogP contribution >= 0.6 is 43.3 Å². The Morgan fingerprint density at radius 3 is 2.75 bits per heavy atom. The third kappa shape index (κ3) is 2.10. The maximum atomic E-state index is 5.61. The average Bonchev–Trinajstić information content (AvgIpc) is 1.77. The molecule has 1 nitrogen and oxygen atoms in total. The number of hydrogen-bond acceptors (Lipinski definition) is 1. The SMILES string of the molecule is NC1=IC=C(I)CC1. The second kappa shape index (κ2) is 3.26. The van der Waals surface area contributed by atoms with Gasteiger partial charge in [-0.2, -0.15) is 0 Å². The molecule has 0 spiro atoms. The molecule has 46 valence electrons. The summed E-state index contributed by atoms with van der Waals surface area (Å²) in [6.45, 7) is 0. The topological polar surface area (TPSA) is 26.0 Å². The zero-order chi connectivity index (χ0) is 5.98. The molecule has 0 amide bonds. The van der Waals surface area contributed by atoms with Gasteiger partial charge in [0.15, 0.2) is 0 Å². The molecule has 1 aliphatic heterocycles. The van der Waals surface area contributed by atoms with Gasteiger partial charge < -0.3 is 5.73 Å². The smallest absolute Gasteiger partial charge is 0.0228 e. The van der Waals surface area contributed by atoms with Crippen LogP contribution in [0.5, 0.6) is 0 Å². The van der Waals surface area contributed by atoms with E-state index in [1.165, 1.54) is 13.6 Å². The Morgan fingerprint density at radius 1 is 1.62 bits per heavy atom. The Morgan fingerprint density at radius 2 is 2.38 bits per heavy atom. The van der Waals surface area contributed by atoms with E-state index in [1.54, 1.807) is 0 Å². The summed E-state index contributed by atoms with van der Waals surface area (Å²) in [5.74, 6) is 0. The lowest BCUT2D eigenvalue weighted by molar-refractivity contribution is 1.10. The normalized spacial score (nSPS) is 20.8. The number of hydrogen-bond donors (Lipinski definition) is 1. The van der Waals surface area contributed by atoms with Crippen molar-refractivity contribution in [3.8, 4) is 0 Å². The van der Waals surface area contributed by atoms with Gasteiger partial charge in [0.2, 0.25) is 0 Å².